The molecule has 1 unspecified atom stereocenters. The molecule has 0 heterocycles. The fourth-order valence-corrected chi connectivity index (χ4v) is 2.57. The van der Waals surface area contributed by atoms with E-state index in [0.717, 1.165) is 34.4 Å². The number of nitrogens with one attached hydrogen (secondary N) is 1. The third-order valence-corrected chi connectivity index (χ3v) is 3.44. The lowest BCUT2D eigenvalue weighted by Crippen LogP contribution is -2.18. The minimum absolute atomic E-state index is 0.120. The predicted molar refractivity (Wildman–Crippen MR) is 78.3 cm³/mol. The Hall–Kier alpha value is -1.81. The highest BCUT2D eigenvalue weighted by atomic mass is 19.4. The van der Waals surface area contributed by atoms with Crippen molar-refractivity contribution in [2.24, 2.45) is 0 Å². The molecule has 1 N–H and O–H groups in total. The molecular formula is C17H18F3N. The van der Waals surface area contributed by atoms with Crippen molar-refractivity contribution in [1.82, 2.24) is 5.32 Å². The number of halogens is 3. The van der Waals surface area contributed by atoms with Crippen molar-refractivity contribution in [3.05, 3.63) is 70.3 Å². The smallest absolute Gasteiger partial charge is 0.309 e. The topological polar surface area (TPSA) is 12.0 Å². The Morgan fingerprint density at radius 3 is 1.81 bits per heavy atom. The fraction of sp³-hybridized carbons (Fsp3) is 0.294. The Morgan fingerprint density at radius 1 is 0.857 bits per heavy atom. The van der Waals surface area contributed by atoms with E-state index >= 15 is 0 Å². The van der Waals surface area contributed by atoms with Gasteiger partial charge in [0.15, 0.2) is 0 Å². The lowest BCUT2D eigenvalue weighted by molar-refractivity contribution is -0.137. The molecule has 0 spiro atoms. The summed E-state index contributed by atoms with van der Waals surface area (Å²) in [6, 6.07) is 11.4. The van der Waals surface area contributed by atoms with E-state index in [9.17, 15) is 13.2 Å². The molecule has 0 saturated carbocycles. The summed E-state index contributed by atoms with van der Waals surface area (Å²) in [4.78, 5) is 0. The molecule has 2 aromatic carbocycles. The lowest BCUT2D eigenvalue weighted by atomic mass is 9.95. The van der Waals surface area contributed by atoms with Gasteiger partial charge in [-0.1, -0.05) is 41.5 Å². The van der Waals surface area contributed by atoms with E-state index in [1.807, 2.05) is 26.0 Å². The molecule has 4 heteroatoms. The van der Waals surface area contributed by atoms with Crippen molar-refractivity contribution in [3.8, 4) is 0 Å². The molecule has 0 aliphatic carbocycles. The number of benzene rings is 2. The zero-order chi connectivity index (χ0) is 15.6. The molecule has 0 aromatic heterocycles. The summed E-state index contributed by atoms with van der Waals surface area (Å²) in [7, 11) is 1.81. The van der Waals surface area contributed by atoms with Gasteiger partial charge in [0.05, 0.1) is 11.6 Å². The van der Waals surface area contributed by atoms with Crippen molar-refractivity contribution in [2.75, 3.05) is 7.05 Å². The van der Waals surface area contributed by atoms with Crippen LogP contribution in [0.2, 0.25) is 0 Å². The largest absolute Gasteiger partial charge is 0.416 e. The summed E-state index contributed by atoms with van der Waals surface area (Å²) >= 11 is 0. The minimum atomic E-state index is -4.30. The molecule has 21 heavy (non-hydrogen) atoms. The summed E-state index contributed by atoms with van der Waals surface area (Å²) in [5, 5.41) is 3.17. The Bertz CT molecular complexity index is 595. The van der Waals surface area contributed by atoms with Crippen LogP contribution in [0, 0.1) is 13.8 Å². The second-order valence-electron chi connectivity index (χ2n) is 5.26. The first-order chi connectivity index (χ1) is 9.81. The average molecular weight is 293 g/mol. The van der Waals surface area contributed by atoms with E-state index in [0.29, 0.717) is 0 Å². The fourth-order valence-electron chi connectivity index (χ4n) is 2.57. The number of hydrogen-bond donors (Lipinski definition) is 1. The second-order valence-corrected chi connectivity index (χ2v) is 5.26. The van der Waals surface area contributed by atoms with Crippen LogP contribution < -0.4 is 5.32 Å². The standard InChI is InChI=1S/C17H18F3N/c1-11-8-12(2)10-14(9-11)16(21-3)13-4-6-15(7-5-13)17(18,19)20/h4-10,16,21H,1-3H3. The van der Waals surface area contributed by atoms with E-state index in [1.165, 1.54) is 12.1 Å². The van der Waals surface area contributed by atoms with Crippen LogP contribution >= 0.6 is 0 Å². The van der Waals surface area contributed by atoms with Gasteiger partial charge in [0, 0.05) is 0 Å². The molecule has 0 aliphatic heterocycles. The van der Waals surface area contributed by atoms with Gasteiger partial charge in [0.2, 0.25) is 0 Å². The van der Waals surface area contributed by atoms with E-state index in [2.05, 4.69) is 11.4 Å². The van der Waals surface area contributed by atoms with Gasteiger partial charge in [-0.2, -0.15) is 13.2 Å². The normalized spacial score (nSPS) is 13.2. The van der Waals surface area contributed by atoms with Gasteiger partial charge in [-0.15, -0.1) is 0 Å². The Balaban J connectivity index is 2.37. The molecular weight excluding hydrogens is 275 g/mol. The minimum Gasteiger partial charge on any atom is -0.309 e. The van der Waals surface area contributed by atoms with Crippen molar-refractivity contribution < 1.29 is 13.2 Å². The Morgan fingerprint density at radius 2 is 1.38 bits per heavy atom. The molecule has 0 saturated heterocycles. The molecule has 1 nitrogen and oxygen atoms in total. The van der Waals surface area contributed by atoms with Crippen LogP contribution in [0.25, 0.3) is 0 Å². The first-order valence-electron chi connectivity index (χ1n) is 6.74. The number of hydrogen-bond acceptors (Lipinski definition) is 1. The molecule has 0 radical (unpaired) electrons. The first kappa shape index (κ1) is 15.6. The monoisotopic (exact) mass is 293 g/mol. The number of alkyl halides is 3. The number of aryl methyl sites for hydroxylation is 2. The lowest BCUT2D eigenvalue weighted by Gasteiger charge is -2.19. The van der Waals surface area contributed by atoms with Crippen molar-refractivity contribution >= 4 is 0 Å². The number of rotatable bonds is 3. The summed E-state index contributed by atoms with van der Waals surface area (Å²) in [5.74, 6) is 0. The quantitative estimate of drug-likeness (QED) is 0.870. The van der Waals surface area contributed by atoms with Gasteiger partial charge in [0.1, 0.15) is 0 Å². The molecule has 0 aliphatic rings. The molecule has 2 aromatic rings. The van der Waals surface area contributed by atoms with Gasteiger partial charge in [-0.3, -0.25) is 0 Å². The van der Waals surface area contributed by atoms with Crippen LogP contribution in [-0.2, 0) is 6.18 Å². The highest BCUT2D eigenvalue weighted by Gasteiger charge is 2.30. The van der Waals surface area contributed by atoms with Gasteiger partial charge >= 0.3 is 6.18 Å². The van der Waals surface area contributed by atoms with Gasteiger partial charge in [-0.25, -0.2) is 0 Å². The van der Waals surface area contributed by atoms with Crippen LogP contribution in [0.4, 0.5) is 13.2 Å². The third kappa shape index (κ3) is 3.64. The van der Waals surface area contributed by atoms with E-state index in [-0.39, 0.29) is 6.04 Å². The molecule has 0 bridgehead atoms. The van der Waals surface area contributed by atoms with Gasteiger partial charge in [-0.05, 0) is 44.2 Å². The predicted octanol–water partition coefficient (Wildman–Crippen LogP) is 4.63. The van der Waals surface area contributed by atoms with Crippen molar-refractivity contribution in [2.45, 2.75) is 26.1 Å². The van der Waals surface area contributed by atoms with E-state index in [1.54, 1.807) is 7.05 Å². The average Bonchev–Trinajstić information content (AvgIpc) is 2.38. The maximum atomic E-state index is 12.6. The first-order valence-corrected chi connectivity index (χ1v) is 6.74. The molecule has 0 amide bonds. The zero-order valence-corrected chi connectivity index (χ0v) is 12.3. The Labute approximate surface area is 122 Å². The van der Waals surface area contributed by atoms with Gasteiger partial charge in [0.25, 0.3) is 0 Å². The SMILES string of the molecule is CNC(c1ccc(C(F)(F)F)cc1)c1cc(C)cc(C)c1. The molecule has 0 fully saturated rings. The summed E-state index contributed by atoms with van der Waals surface area (Å²) in [6.07, 6.45) is -4.30. The third-order valence-electron chi connectivity index (χ3n) is 3.44. The van der Waals surface area contributed by atoms with Crippen LogP contribution in [0.3, 0.4) is 0 Å². The van der Waals surface area contributed by atoms with Crippen LogP contribution in [0.15, 0.2) is 42.5 Å². The summed E-state index contributed by atoms with van der Waals surface area (Å²) in [6.45, 7) is 4.02. The molecule has 2 rings (SSSR count). The maximum absolute atomic E-state index is 12.6. The highest BCUT2D eigenvalue weighted by Crippen LogP contribution is 2.31. The van der Waals surface area contributed by atoms with Crippen LogP contribution in [-0.4, -0.2) is 7.05 Å². The summed E-state index contributed by atoms with van der Waals surface area (Å²) in [5.41, 5.74) is 3.51. The van der Waals surface area contributed by atoms with Crippen molar-refractivity contribution in [3.63, 3.8) is 0 Å². The Kier molecular flexibility index (Phi) is 4.37. The summed E-state index contributed by atoms with van der Waals surface area (Å²) < 4.78 is 37.8. The van der Waals surface area contributed by atoms with E-state index in [4.69, 9.17) is 0 Å². The van der Waals surface area contributed by atoms with Crippen LogP contribution in [0.5, 0.6) is 0 Å². The van der Waals surface area contributed by atoms with Crippen molar-refractivity contribution in [1.29, 1.82) is 0 Å². The molecule has 112 valence electrons. The highest BCUT2D eigenvalue weighted by molar-refractivity contribution is 5.38. The second kappa shape index (κ2) is 5.90. The van der Waals surface area contributed by atoms with Gasteiger partial charge < -0.3 is 5.32 Å². The molecule has 1 atom stereocenters. The maximum Gasteiger partial charge on any atom is 0.416 e. The van der Waals surface area contributed by atoms with E-state index < -0.39 is 11.7 Å². The zero-order valence-electron chi connectivity index (χ0n) is 12.3. The van der Waals surface area contributed by atoms with Crippen LogP contribution in [0.1, 0.15) is 33.9 Å².